The molecule has 21 heavy (non-hydrogen) atoms. The zero-order chi connectivity index (χ0) is 15.8. The van der Waals surface area contributed by atoms with Crippen molar-refractivity contribution in [3.63, 3.8) is 0 Å². The van der Waals surface area contributed by atoms with Crippen LogP contribution in [0.25, 0.3) is 0 Å². The van der Waals surface area contributed by atoms with Gasteiger partial charge in [0, 0.05) is 19.1 Å². The number of sulfonamides is 1. The number of halogens is 3. The Kier molecular flexibility index (Phi) is 4.18. The Bertz CT molecular complexity index is 608. The van der Waals surface area contributed by atoms with Crippen LogP contribution >= 0.6 is 0 Å². The van der Waals surface area contributed by atoms with Gasteiger partial charge in [-0.1, -0.05) is 19.1 Å². The van der Waals surface area contributed by atoms with Crippen molar-refractivity contribution in [2.75, 3.05) is 13.1 Å². The monoisotopic (exact) mass is 324 g/mol. The van der Waals surface area contributed by atoms with Gasteiger partial charge in [-0.3, -0.25) is 0 Å². The van der Waals surface area contributed by atoms with Gasteiger partial charge in [0.25, 0.3) is 0 Å². The molecule has 2 N–H and O–H groups in total. The summed E-state index contributed by atoms with van der Waals surface area (Å²) >= 11 is 0. The first-order valence-corrected chi connectivity index (χ1v) is 7.66. The third-order valence-electron chi connectivity index (χ3n) is 3.33. The molecule has 0 spiro atoms. The van der Waals surface area contributed by atoms with E-state index >= 15 is 0 Å². The predicted octanol–water partition coefficient (Wildman–Crippen LogP) is 1.55. The summed E-state index contributed by atoms with van der Waals surface area (Å²) in [5, 5.41) is 0. The number of nitrogens with two attached hydrogens (primary N) is 1. The lowest BCUT2D eigenvalue weighted by Crippen LogP contribution is -2.32. The molecule has 118 valence electrons. The summed E-state index contributed by atoms with van der Waals surface area (Å²) in [6, 6.07) is 4.34. The van der Waals surface area contributed by atoms with Crippen molar-refractivity contribution in [3.05, 3.63) is 24.3 Å². The first-order valence-electron chi connectivity index (χ1n) is 6.22. The Hall–Kier alpha value is -1.32. The van der Waals surface area contributed by atoms with E-state index in [0.717, 1.165) is 16.4 Å². The molecule has 2 unspecified atom stereocenters. The molecule has 0 aliphatic carbocycles. The van der Waals surface area contributed by atoms with Crippen LogP contribution in [0.2, 0.25) is 0 Å². The number of ether oxygens (including phenoxy) is 1. The summed E-state index contributed by atoms with van der Waals surface area (Å²) in [5.41, 5.74) is 5.77. The highest BCUT2D eigenvalue weighted by Gasteiger charge is 2.39. The van der Waals surface area contributed by atoms with Gasteiger partial charge in [-0.2, -0.15) is 4.31 Å². The van der Waals surface area contributed by atoms with Crippen LogP contribution in [-0.4, -0.2) is 38.2 Å². The molecule has 9 heteroatoms. The van der Waals surface area contributed by atoms with Crippen molar-refractivity contribution >= 4 is 10.0 Å². The van der Waals surface area contributed by atoms with Crippen LogP contribution in [0.5, 0.6) is 5.75 Å². The van der Waals surface area contributed by atoms with Crippen molar-refractivity contribution in [2.24, 2.45) is 11.7 Å². The molecule has 0 saturated carbocycles. The highest BCUT2D eigenvalue weighted by atomic mass is 32.2. The number of nitrogens with zero attached hydrogens (tertiary/aromatic N) is 1. The average Bonchev–Trinajstić information content (AvgIpc) is 2.69. The van der Waals surface area contributed by atoms with Gasteiger partial charge < -0.3 is 10.5 Å². The summed E-state index contributed by atoms with van der Waals surface area (Å²) < 4.78 is 66.9. The number of hydrogen-bond acceptors (Lipinski definition) is 4. The Balaban J connectivity index is 2.37. The number of alkyl halides is 3. The van der Waals surface area contributed by atoms with E-state index in [1.165, 1.54) is 12.1 Å². The summed E-state index contributed by atoms with van der Waals surface area (Å²) in [7, 11) is -4.08. The van der Waals surface area contributed by atoms with Gasteiger partial charge in [0.05, 0.1) is 0 Å². The molecular weight excluding hydrogens is 309 g/mol. The Morgan fingerprint density at radius 2 is 1.90 bits per heavy atom. The zero-order valence-corrected chi connectivity index (χ0v) is 12.0. The van der Waals surface area contributed by atoms with Crippen LogP contribution in [-0.2, 0) is 10.0 Å². The van der Waals surface area contributed by atoms with Crippen LogP contribution in [0.4, 0.5) is 13.2 Å². The lowest BCUT2D eigenvalue weighted by molar-refractivity contribution is -0.275. The average molecular weight is 324 g/mol. The maximum atomic E-state index is 12.5. The molecule has 1 aliphatic rings. The van der Waals surface area contributed by atoms with Gasteiger partial charge >= 0.3 is 6.36 Å². The summed E-state index contributed by atoms with van der Waals surface area (Å²) in [6.07, 6.45) is -4.96. The van der Waals surface area contributed by atoms with Gasteiger partial charge in [0.1, 0.15) is 10.6 Å². The molecule has 1 saturated heterocycles. The smallest absolute Gasteiger partial charge is 0.404 e. The third kappa shape index (κ3) is 3.47. The molecule has 1 heterocycles. The lowest BCUT2D eigenvalue weighted by atomic mass is 10.1. The largest absolute Gasteiger partial charge is 0.573 e. The molecule has 2 atom stereocenters. The maximum Gasteiger partial charge on any atom is 0.573 e. The normalized spacial score (nSPS) is 24.2. The molecule has 0 aromatic heterocycles. The SMILES string of the molecule is CC1CN(S(=O)(=O)c2ccccc2OC(F)(F)F)CC1N. The minimum atomic E-state index is -4.96. The van der Waals surface area contributed by atoms with Gasteiger partial charge in [-0.05, 0) is 18.1 Å². The molecule has 2 rings (SSSR count). The Morgan fingerprint density at radius 1 is 1.29 bits per heavy atom. The minimum absolute atomic E-state index is 0.0597. The Morgan fingerprint density at radius 3 is 2.43 bits per heavy atom. The van der Waals surface area contributed by atoms with Crippen molar-refractivity contribution in [2.45, 2.75) is 24.2 Å². The van der Waals surface area contributed by atoms with E-state index in [1.807, 2.05) is 0 Å². The van der Waals surface area contributed by atoms with Crippen molar-refractivity contribution in [1.29, 1.82) is 0 Å². The maximum absolute atomic E-state index is 12.5. The van der Waals surface area contributed by atoms with Crippen LogP contribution in [0.1, 0.15) is 6.92 Å². The van der Waals surface area contributed by atoms with Crippen LogP contribution < -0.4 is 10.5 Å². The molecule has 0 bridgehead atoms. The van der Waals surface area contributed by atoms with E-state index in [0.29, 0.717) is 0 Å². The summed E-state index contributed by atoms with van der Waals surface area (Å²) in [5.74, 6) is -0.798. The quantitative estimate of drug-likeness (QED) is 0.916. The van der Waals surface area contributed by atoms with E-state index in [2.05, 4.69) is 4.74 Å². The van der Waals surface area contributed by atoms with E-state index in [4.69, 9.17) is 5.73 Å². The highest BCUT2D eigenvalue weighted by Crippen LogP contribution is 2.33. The fraction of sp³-hybridized carbons (Fsp3) is 0.500. The number of hydrogen-bond donors (Lipinski definition) is 1. The zero-order valence-electron chi connectivity index (χ0n) is 11.2. The molecular formula is C12H15F3N2O3S. The van der Waals surface area contributed by atoms with Crippen LogP contribution in [0.15, 0.2) is 29.2 Å². The van der Waals surface area contributed by atoms with Gasteiger partial charge in [-0.15, -0.1) is 13.2 Å². The lowest BCUT2D eigenvalue weighted by Gasteiger charge is -2.19. The van der Waals surface area contributed by atoms with Crippen LogP contribution in [0.3, 0.4) is 0 Å². The molecule has 1 aliphatic heterocycles. The first-order chi connectivity index (χ1) is 9.61. The summed E-state index contributed by atoms with van der Waals surface area (Å²) in [6.45, 7) is 2.03. The van der Waals surface area contributed by atoms with E-state index in [1.54, 1.807) is 6.92 Å². The molecule has 0 amide bonds. The van der Waals surface area contributed by atoms with E-state index < -0.39 is 27.0 Å². The number of para-hydroxylation sites is 1. The number of benzene rings is 1. The molecule has 1 aromatic carbocycles. The van der Waals surface area contributed by atoms with Crippen molar-refractivity contribution in [1.82, 2.24) is 4.31 Å². The second kappa shape index (κ2) is 5.47. The molecule has 1 aromatic rings. The van der Waals surface area contributed by atoms with Gasteiger partial charge in [0.2, 0.25) is 10.0 Å². The fourth-order valence-electron chi connectivity index (χ4n) is 2.15. The topological polar surface area (TPSA) is 72.6 Å². The van der Waals surface area contributed by atoms with Crippen molar-refractivity contribution in [3.8, 4) is 5.75 Å². The fourth-order valence-corrected chi connectivity index (χ4v) is 3.85. The molecule has 5 nitrogen and oxygen atoms in total. The van der Waals surface area contributed by atoms with E-state index in [9.17, 15) is 21.6 Å². The van der Waals surface area contributed by atoms with Crippen molar-refractivity contribution < 1.29 is 26.3 Å². The second-order valence-electron chi connectivity index (χ2n) is 4.96. The standard InChI is InChI=1S/C12H15F3N2O3S/c1-8-6-17(7-9(8)16)21(18,19)11-5-3-2-4-10(11)20-12(13,14)15/h2-5,8-9H,6-7,16H2,1H3. The Labute approximate surface area is 120 Å². The number of rotatable bonds is 3. The second-order valence-corrected chi connectivity index (χ2v) is 6.86. The molecule has 1 fully saturated rings. The van der Waals surface area contributed by atoms with E-state index in [-0.39, 0.29) is 25.0 Å². The van der Waals surface area contributed by atoms with Gasteiger partial charge in [-0.25, -0.2) is 8.42 Å². The minimum Gasteiger partial charge on any atom is -0.404 e. The van der Waals surface area contributed by atoms with Crippen LogP contribution in [0, 0.1) is 5.92 Å². The summed E-state index contributed by atoms with van der Waals surface area (Å²) in [4.78, 5) is -0.511. The first kappa shape index (κ1) is 16.1. The predicted molar refractivity (Wildman–Crippen MR) is 69.0 cm³/mol. The van der Waals surface area contributed by atoms with Gasteiger partial charge in [0.15, 0.2) is 0 Å². The third-order valence-corrected chi connectivity index (χ3v) is 5.20. The molecule has 0 radical (unpaired) electrons. The highest BCUT2D eigenvalue weighted by molar-refractivity contribution is 7.89.